The van der Waals surface area contributed by atoms with Gasteiger partial charge in [-0.25, -0.2) is 4.68 Å². The predicted molar refractivity (Wildman–Crippen MR) is 140 cm³/mol. The lowest BCUT2D eigenvalue weighted by atomic mass is 10.1. The molecule has 0 saturated carbocycles. The number of nitrogens with zero attached hydrogens (tertiary/aromatic N) is 5. The number of aromatic nitrogens is 4. The first-order valence-corrected chi connectivity index (χ1v) is 11.9. The number of rotatable bonds is 11. The van der Waals surface area contributed by atoms with Gasteiger partial charge in [0.05, 0.1) is 23.4 Å². The average molecular weight is 475 g/mol. The molecule has 2 aromatic carbocycles. The van der Waals surface area contributed by atoms with Crippen molar-refractivity contribution in [3.8, 4) is 11.4 Å². The Morgan fingerprint density at radius 2 is 1.77 bits per heavy atom. The van der Waals surface area contributed by atoms with Crippen molar-refractivity contribution in [2.24, 2.45) is 0 Å². The third kappa shape index (κ3) is 5.28. The number of methoxy groups -OCH3 is 1. The van der Waals surface area contributed by atoms with Gasteiger partial charge in [0.1, 0.15) is 23.1 Å². The van der Waals surface area contributed by atoms with Crippen molar-refractivity contribution in [3.63, 3.8) is 0 Å². The molecule has 4 aromatic rings. The number of hydrogen-bond donors (Lipinski definition) is 1. The maximum absolute atomic E-state index is 6.64. The van der Waals surface area contributed by atoms with Gasteiger partial charge in [-0.3, -0.25) is 0 Å². The first-order chi connectivity index (χ1) is 17.0. The minimum absolute atomic E-state index is 0.0871. The molecular weight excluding hydrogens is 440 g/mol. The van der Waals surface area contributed by atoms with Gasteiger partial charge in [-0.15, -0.1) is 5.10 Å². The highest BCUT2D eigenvalue weighted by atomic mass is 16.5. The van der Waals surface area contributed by atoms with Crippen LogP contribution >= 0.6 is 0 Å². The van der Waals surface area contributed by atoms with Gasteiger partial charge in [0.15, 0.2) is 5.82 Å². The summed E-state index contributed by atoms with van der Waals surface area (Å²) in [6.07, 6.45) is 0.756. The number of hydrogen-bond acceptors (Lipinski definition) is 7. The summed E-state index contributed by atoms with van der Waals surface area (Å²) in [5, 5.41) is 18.1. The lowest BCUT2D eigenvalue weighted by Gasteiger charge is -2.22. The normalized spacial score (nSPS) is 12.1. The maximum atomic E-state index is 6.64. The van der Waals surface area contributed by atoms with E-state index in [-0.39, 0.29) is 6.10 Å². The molecule has 4 rings (SSSR count). The van der Waals surface area contributed by atoms with Crippen LogP contribution < -0.4 is 15.0 Å². The van der Waals surface area contributed by atoms with E-state index in [1.54, 1.807) is 7.11 Å². The van der Waals surface area contributed by atoms with Crippen LogP contribution in [0.15, 0.2) is 54.6 Å². The van der Waals surface area contributed by atoms with E-state index in [4.69, 9.17) is 14.6 Å². The topological polar surface area (TPSA) is 77.3 Å². The minimum Gasteiger partial charge on any atom is -0.483 e. The molecule has 0 fully saturated rings. The van der Waals surface area contributed by atoms with E-state index < -0.39 is 0 Å². The van der Waals surface area contributed by atoms with Crippen LogP contribution in [0.2, 0.25) is 0 Å². The largest absolute Gasteiger partial charge is 0.483 e. The van der Waals surface area contributed by atoms with Crippen molar-refractivity contribution in [2.75, 3.05) is 45.8 Å². The monoisotopic (exact) mass is 474 g/mol. The quantitative estimate of drug-likeness (QED) is 0.348. The Hall–Kier alpha value is -3.49. The molecule has 0 amide bonds. The SMILES string of the molecule is CNCCC(Oc1ccccc1-n1nc2c(N(C)CCOC)nnc(C)c2c1C)c1ccccc1. The van der Waals surface area contributed by atoms with Gasteiger partial charge in [0.2, 0.25) is 0 Å². The zero-order chi connectivity index (χ0) is 24.8. The van der Waals surface area contributed by atoms with E-state index in [0.29, 0.717) is 13.2 Å². The Labute approximate surface area is 206 Å². The Bertz CT molecular complexity index is 1260. The Kier molecular flexibility index (Phi) is 7.94. The number of fused-ring (bicyclic) bond motifs is 1. The second kappa shape index (κ2) is 11.3. The van der Waals surface area contributed by atoms with Gasteiger partial charge < -0.3 is 19.7 Å². The molecule has 1 N–H and O–H groups in total. The molecule has 0 saturated heterocycles. The molecule has 35 heavy (non-hydrogen) atoms. The summed E-state index contributed by atoms with van der Waals surface area (Å²) in [7, 11) is 5.63. The van der Waals surface area contributed by atoms with Crippen molar-refractivity contribution < 1.29 is 9.47 Å². The fourth-order valence-corrected chi connectivity index (χ4v) is 4.26. The highest BCUT2D eigenvalue weighted by Gasteiger charge is 2.22. The van der Waals surface area contributed by atoms with Crippen molar-refractivity contribution in [3.05, 3.63) is 71.5 Å². The molecule has 2 heterocycles. The van der Waals surface area contributed by atoms with Crippen molar-refractivity contribution in [1.82, 2.24) is 25.3 Å². The highest BCUT2D eigenvalue weighted by molar-refractivity contribution is 5.92. The van der Waals surface area contributed by atoms with E-state index >= 15 is 0 Å². The molecule has 0 bridgehead atoms. The molecule has 1 unspecified atom stereocenters. The predicted octanol–water partition coefficient (Wildman–Crippen LogP) is 4.24. The molecule has 0 spiro atoms. The molecule has 8 heteroatoms. The van der Waals surface area contributed by atoms with Crippen LogP contribution in [-0.2, 0) is 4.74 Å². The smallest absolute Gasteiger partial charge is 0.179 e. The van der Waals surface area contributed by atoms with Crippen LogP contribution in [0.3, 0.4) is 0 Å². The van der Waals surface area contributed by atoms with E-state index in [2.05, 4.69) is 34.6 Å². The zero-order valence-corrected chi connectivity index (χ0v) is 21.2. The van der Waals surface area contributed by atoms with Gasteiger partial charge >= 0.3 is 0 Å². The number of anilines is 1. The molecular formula is C27H34N6O2. The van der Waals surface area contributed by atoms with Crippen molar-refractivity contribution in [1.29, 1.82) is 0 Å². The van der Waals surface area contributed by atoms with Crippen LogP contribution in [0.5, 0.6) is 5.75 Å². The maximum Gasteiger partial charge on any atom is 0.179 e. The Balaban J connectivity index is 1.77. The van der Waals surface area contributed by atoms with Gasteiger partial charge in [-0.1, -0.05) is 42.5 Å². The van der Waals surface area contributed by atoms with Gasteiger partial charge in [0, 0.05) is 27.1 Å². The number of para-hydroxylation sites is 2. The molecule has 2 aromatic heterocycles. The van der Waals surface area contributed by atoms with Crippen molar-refractivity contribution >= 4 is 16.7 Å². The molecule has 1 atom stereocenters. The standard InChI is InChI=1S/C27H34N6O2/c1-19-25-20(2)33(31-26(25)27(30-29-19)32(4)17-18-34-5)22-13-9-10-14-24(22)35-23(15-16-28-3)21-11-7-6-8-12-21/h6-14,23,28H,15-18H2,1-5H3. The highest BCUT2D eigenvalue weighted by Crippen LogP contribution is 2.34. The first kappa shape index (κ1) is 24.6. The minimum atomic E-state index is -0.0871. The summed E-state index contributed by atoms with van der Waals surface area (Å²) in [5.74, 6) is 1.51. The van der Waals surface area contributed by atoms with Gasteiger partial charge in [-0.2, -0.15) is 10.2 Å². The Morgan fingerprint density at radius 3 is 2.51 bits per heavy atom. The molecule has 0 aliphatic rings. The first-order valence-electron chi connectivity index (χ1n) is 11.9. The molecule has 0 aliphatic carbocycles. The summed E-state index contributed by atoms with van der Waals surface area (Å²) >= 11 is 0. The average Bonchev–Trinajstić information content (AvgIpc) is 3.23. The zero-order valence-electron chi connectivity index (χ0n) is 21.2. The van der Waals surface area contributed by atoms with E-state index in [9.17, 15) is 0 Å². The molecule has 8 nitrogen and oxygen atoms in total. The number of likely N-dealkylation sites (N-methyl/N-ethyl adjacent to an activating group) is 1. The lowest BCUT2D eigenvalue weighted by molar-refractivity contribution is 0.194. The van der Waals surface area contributed by atoms with Crippen LogP contribution in [0.25, 0.3) is 16.6 Å². The fraction of sp³-hybridized carbons (Fsp3) is 0.370. The van der Waals surface area contributed by atoms with Crippen LogP contribution in [-0.4, -0.2) is 60.9 Å². The van der Waals surface area contributed by atoms with Crippen LogP contribution in [0, 0.1) is 13.8 Å². The number of ether oxygens (including phenoxy) is 2. The molecule has 184 valence electrons. The second-order valence-corrected chi connectivity index (χ2v) is 8.62. The summed E-state index contributed by atoms with van der Waals surface area (Å²) in [6, 6.07) is 18.4. The molecule has 0 radical (unpaired) electrons. The van der Waals surface area contributed by atoms with Crippen molar-refractivity contribution in [2.45, 2.75) is 26.4 Å². The number of nitrogens with one attached hydrogen (secondary N) is 1. The van der Waals surface area contributed by atoms with E-state index in [0.717, 1.165) is 58.1 Å². The van der Waals surface area contributed by atoms with E-state index in [1.165, 1.54) is 0 Å². The van der Waals surface area contributed by atoms with Gasteiger partial charge in [-0.05, 0) is 45.1 Å². The summed E-state index contributed by atoms with van der Waals surface area (Å²) < 4.78 is 13.8. The summed E-state index contributed by atoms with van der Waals surface area (Å²) in [6.45, 7) is 6.17. The van der Waals surface area contributed by atoms with Crippen LogP contribution in [0.4, 0.5) is 5.82 Å². The lowest BCUT2D eigenvalue weighted by Crippen LogP contribution is -2.23. The van der Waals surface area contributed by atoms with Gasteiger partial charge in [0.25, 0.3) is 0 Å². The number of aryl methyl sites for hydroxylation is 2. The fourth-order valence-electron chi connectivity index (χ4n) is 4.26. The van der Waals surface area contributed by atoms with E-state index in [1.807, 2.05) is 73.1 Å². The second-order valence-electron chi connectivity index (χ2n) is 8.62. The summed E-state index contributed by atoms with van der Waals surface area (Å²) in [5.41, 5.74) is 4.69. The Morgan fingerprint density at radius 1 is 1.03 bits per heavy atom. The van der Waals surface area contributed by atoms with Crippen LogP contribution in [0.1, 0.15) is 29.5 Å². The third-order valence-corrected chi connectivity index (χ3v) is 6.17. The molecule has 0 aliphatic heterocycles. The third-order valence-electron chi connectivity index (χ3n) is 6.17. The summed E-state index contributed by atoms with van der Waals surface area (Å²) in [4.78, 5) is 2.03. The number of benzene rings is 2.